The van der Waals surface area contributed by atoms with Crippen molar-refractivity contribution in [2.45, 2.75) is 38.0 Å². The molecular weight excluding hydrogens is 454 g/mol. The maximum atomic E-state index is 13.0. The Balaban J connectivity index is 1.60. The summed E-state index contributed by atoms with van der Waals surface area (Å²) < 4.78 is 33.2. The summed E-state index contributed by atoms with van der Waals surface area (Å²) in [5, 5.41) is 2.92. The third kappa shape index (κ3) is 6.57. The van der Waals surface area contributed by atoms with Crippen LogP contribution in [0, 0.1) is 19.8 Å². The highest BCUT2D eigenvalue weighted by Gasteiger charge is 2.28. The molecule has 3 rings (SSSR count). The van der Waals surface area contributed by atoms with E-state index in [9.17, 15) is 18.0 Å². The maximum absolute atomic E-state index is 13.0. The van der Waals surface area contributed by atoms with Gasteiger partial charge in [0.2, 0.25) is 5.91 Å². The van der Waals surface area contributed by atoms with Crippen LogP contribution in [0.3, 0.4) is 0 Å². The summed E-state index contributed by atoms with van der Waals surface area (Å²) in [5.74, 6) is -0.264. The largest absolute Gasteiger partial charge is 0.385 e. The Hall–Kier alpha value is -2.91. The van der Waals surface area contributed by atoms with Crippen LogP contribution in [-0.4, -0.2) is 58.5 Å². The zero-order valence-corrected chi connectivity index (χ0v) is 20.8. The number of anilines is 1. The van der Waals surface area contributed by atoms with Crippen LogP contribution in [0.25, 0.3) is 0 Å². The second-order valence-corrected chi connectivity index (χ2v) is 10.3. The molecule has 0 atom stereocenters. The number of ether oxygens (including phenoxy) is 1. The van der Waals surface area contributed by atoms with Crippen molar-refractivity contribution >= 4 is 27.5 Å². The first-order valence-corrected chi connectivity index (χ1v) is 13.0. The Morgan fingerprint density at radius 1 is 1.06 bits per heavy atom. The van der Waals surface area contributed by atoms with Crippen LogP contribution in [0.2, 0.25) is 0 Å². The van der Waals surface area contributed by atoms with Gasteiger partial charge in [0.1, 0.15) is 0 Å². The molecule has 0 bridgehead atoms. The number of nitrogens with zero attached hydrogens (tertiary/aromatic N) is 1. The van der Waals surface area contributed by atoms with Crippen molar-refractivity contribution in [1.29, 1.82) is 0 Å². The molecular formula is C25H33N3O5S. The predicted molar refractivity (Wildman–Crippen MR) is 131 cm³/mol. The van der Waals surface area contributed by atoms with E-state index in [4.69, 9.17) is 4.74 Å². The molecule has 0 aromatic heterocycles. The van der Waals surface area contributed by atoms with Crippen LogP contribution in [0.15, 0.2) is 47.4 Å². The number of carbonyl (C=O) groups excluding carboxylic acids is 2. The Morgan fingerprint density at radius 2 is 1.79 bits per heavy atom. The molecule has 0 saturated carbocycles. The summed E-state index contributed by atoms with van der Waals surface area (Å²) in [4.78, 5) is 27.2. The van der Waals surface area contributed by atoms with E-state index >= 15 is 0 Å². The first-order valence-electron chi connectivity index (χ1n) is 11.5. The summed E-state index contributed by atoms with van der Waals surface area (Å²) in [5.41, 5.74) is 2.63. The van der Waals surface area contributed by atoms with Crippen LogP contribution >= 0.6 is 0 Å². The van der Waals surface area contributed by atoms with Crippen molar-refractivity contribution in [3.8, 4) is 0 Å². The second-order valence-electron chi connectivity index (χ2n) is 8.64. The van der Waals surface area contributed by atoms with Crippen molar-refractivity contribution < 1.29 is 22.7 Å². The minimum absolute atomic E-state index is 0.0194. The summed E-state index contributed by atoms with van der Waals surface area (Å²) in [6.07, 6.45) is 1.96. The number of nitrogens with one attached hydrogen (secondary N) is 2. The molecule has 2 amide bonds. The molecule has 8 nitrogen and oxygen atoms in total. The molecule has 2 aromatic carbocycles. The molecule has 0 unspecified atom stereocenters. The fourth-order valence-electron chi connectivity index (χ4n) is 3.91. The quantitative estimate of drug-likeness (QED) is 0.529. The van der Waals surface area contributed by atoms with Gasteiger partial charge in [-0.1, -0.05) is 12.1 Å². The van der Waals surface area contributed by atoms with Gasteiger partial charge in [0, 0.05) is 50.5 Å². The van der Waals surface area contributed by atoms with Crippen molar-refractivity contribution in [2.24, 2.45) is 5.92 Å². The number of benzene rings is 2. The van der Waals surface area contributed by atoms with E-state index in [-0.39, 0.29) is 22.6 Å². The molecule has 0 spiro atoms. The van der Waals surface area contributed by atoms with E-state index in [2.05, 4.69) is 10.0 Å². The van der Waals surface area contributed by atoms with Crippen LogP contribution < -0.4 is 10.0 Å². The third-order valence-electron chi connectivity index (χ3n) is 6.13. The normalized spacial score (nSPS) is 14.6. The number of likely N-dealkylation sites (tertiary alicyclic amines) is 1. The Kier molecular flexibility index (Phi) is 8.68. The Morgan fingerprint density at radius 3 is 2.47 bits per heavy atom. The summed E-state index contributed by atoms with van der Waals surface area (Å²) in [6.45, 7) is 5.93. The maximum Gasteiger partial charge on any atom is 0.261 e. The summed E-state index contributed by atoms with van der Waals surface area (Å²) in [7, 11) is -2.15. The zero-order valence-electron chi connectivity index (χ0n) is 20.0. The lowest BCUT2D eigenvalue weighted by Crippen LogP contribution is -2.43. The van der Waals surface area contributed by atoms with Gasteiger partial charge >= 0.3 is 0 Å². The topological polar surface area (TPSA) is 105 Å². The predicted octanol–water partition coefficient (Wildman–Crippen LogP) is 3.11. The molecule has 2 aromatic rings. The molecule has 34 heavy (non-hydrogen) atoms. The van der Waals surface area contributed by atoms with E-state index in [0.29, 0.717) is 50.3 Å². The number of aryl methyl sites for hydroxylation is 2. The monoisotopic (exact) mass is 487 g/mol. The van der Waals surface area contributed by atoms with E-state index in [1.54, 1.807) is 54.5 Å². The number of sulfonamides is 1. The van der Waals surface area contributed by atoms with Crippen molar-refractivity contribution in [3.63, 3.8) is 0 Å². The van der Waals surface area contributed by atoms with E-state index in [1.807, 2.05) is 13.8 Å². The van der Waals surface area contributed by atoms with Crippen molar-refractivity contribution in [2.75, 3.05) is 38.1 Å². The van der Waals surface area contributed by atoms with Gasteiger partial charge < -0.3 is 15.0 Å². The molecule has 184 valence electrons. The molecule has 1 aliphatic rings. The smallest absolute Gasteiger partial charge is 0.261 e. The van der Waals surface area contributed by atoms with Gasteiger partial charge in [-0.05, 0) is 74.6 Å². The lowest BCUT2D eigenvalue weighted by molar-refractivity contribution is -0.126. The van der Waals surface area contributed by atoms with Crippen LogP contribution in [0.4, 0.5) is 5.69 Å². The highest BCUT2D eigenvalue weighted by molar-refractivity contribution is 7.92. The first-order chi connectivity index (χ1) is 16.2. The summed E-state index contributed by atoms with van der Waals surface area (Å²) in [6, 6.07) is 11.5. The first kappa shape index (κ1) is 25.7. The molecule has 9 heteroatoms. The minimum Gasteiger partial charge on any atom is -0.385 e. The molecule has 1 saturated heterocycles. The number of rotatable bonds is 9. The fourth-order valence-corrected chi connectivity index (χ4v) is 5.04. The van der Waals surface area contributed by atoms with Gasteiger partial charge in [-0.15, -0.1) is 0 Å². The highest BCUT2D eigenvalue weighted by Crippen LogP contribution is 2.22. The molecule has 1 fully saturated rings. The van der Waals surface area contributed by atoms with Crippen LogP contribution in [-0.2, 0) is 19.6 Å². The van der Waals surface area contributed by atoms with E-state index in [1.165, 1.54) is 0 Å². The number of hydrogen-bond donors (Lipinski definition) is 2. The average Bonchev–Trinajstić information content (AvgIpc) is 2.83. The zero-order chi connectivity index (χ0) is 24.7. The highest BCUT2D eigenvalue weighted by atomic mass is 32.2. The van der Waals surface area contributed by atoms with Crippen LogP contribution in [0.1, 0.15) is 40.7 Å². The second kappa shape index (κ2) is 11.5. The van der Waals surface area contributed by atoms with Gasteiger partial charge in [0.15, 0.2) is 0 Å². The standard InChI is InChI=1S/C25H33N3O5S/c1-18-8-9-23(16-19(18)2)34(31,32)27-22-7-4-6-21(17-22)25(30)28-13-10-20(11-14-28)24(29)26-12-5-15-33-3/h4,6-9,16-17,20,27H,5,10-15H2,1-3H3,(H,26,29). The summed E-state index contributed by atoms with van der Waals surface area (Å²) >= 11 is 0. The molecule has 1 heterocycles. The van der Waals surface area contributed by atoms with Gasteiger partial charge in [-0.2, -0.15) is 0 Å². The lowest BCUT2D eigenvalue weighted by atomic mass is 9.95. The number of carbonyl (C=O) groups is 2. The molecule has 0 aliphatic carbocycles. The van der Waals surface area contributed by atoms with E-state index < -0.39 is 10.0 Å². The lowest BCUT2D eigenvalue weighted by Gasteiger charge is -2.31. The number of piperidine rings is 1. The SMILES string of the molecule is COCCCNC(=O)C1CCN(C(=O)c2cccc(NS(=O)(=O)c3ccc(C)c(C)c3)c2)CC1. The molecule has 2 N–H and O–H groups in total. The minimum atomic E-state index is -3.78. The van der Waals surface area contributed by atoms with Gasteiger partial charge in [-0.25, -0.2) is 8.42 Å². The number of amides is 2. The fraction of sp³-hybridized carbons (Fsp3) is 0.440. The Bertz CT molecular complexity index is 1130. The van der Waals surface area contributed by atoms with Gasteiger partial charge in [0.05, 0.1) is 4.90 Å². The van der Waals surface area contributed by atoms with E-state index in [0.717, 1.165) is 17.5 Å². The molecule has 1 aliphatic heterocycles. The molecule has 0 radical (unpaired) electrons. The number of hydrogen-bond acceptors (Lipinski definition) is 5. The van der Waals surface area contributed by atoms with Gasteiger partial charge in [-0.3, -0.25) is 14.3 Å². The van der Waals surface area contributed by atoms with Gasteiger partial charge in [0.25, 0.3) is 15.9 Å². The Labute approximate surface area is 201 Å². The van der Waals surface area contributed by atoms with Crippen molar-refractivity contribution in [3.05, 3.63) is 59.2 Å². The third-order valence-corrected chi connectivity index (χ3v) is 7.51. The van der Waals surface area contributed by atoms with Crippen LogP contribution in [0.5, 0.6) is 0 Å². The average molecular weight is 488 g/mol. The van der Waals surface area contributed by atoms with Crippen molar-refractivity contribution in [1.82, 2.24) is 10.2 Å². The number of methoxy groups -OCH3 is 1.